The minimum absolute atomic E-state index is 0.0396. The molecule has 3 aliphatic rings. The van der Waals surface area contributed by atoms with Crippen LogP contribution in [0.15, 0.2) is 72.8 Å². The Kier molecular flexibility index (Phi) is 17.9. The molecule has 16 heteroatoms. The Morgan fingerprint density at radius 2 is 1.11 bits per heavy atom. The van der Waals surface area contributed by atoms with Crippen molar-refractivity contribution < 1.29 is 33.6 Å². The van der Waals surface area contributed by atoms with Crippen molar-refractivity contribution in [3.05, 3.63) is 106 Å². The molecule has 9 atom stereocenters. The molecule has 1 aliphatic heterocycles. The third-order valence-corrected chi connectivity index (χ3v) is 14.3. The SMILES string of the molecule is CN[C@@H](C)C(=O)NC(C(=O)N1CC(NC(=O)c2ccc(C[C@H](NC(=O)[C@@H](NC(=O)[C@H](C)NC)C(C)(C)C)C(=O)N[C@@H]3CCCc4ccccc43)cc2)CC1C(=O)NC1CCCc2ccccc21)C(C)(C)C. The molecular formula is C55H77N9O7. The zero-order chi connectivity index (χ0) is 51.8. The highest BCUT2D eigenvalue weighted by Gasteiger charge is 2.46. The quantitative estimate of drug-likeness (QED) is 0.0977. The lowest BCUT2D eigenvalue weighted by Crippen LogP contribution is -2.60. The van der Waals surface area contributed by atoms with Gasteiger partial charge in [-0.05, 0) is 124 Å². The summed E-state index contributed by atoms with van der Waals surface area (Å²) < 4.78 is 0. The van der Waals surface area contributed by atoms with Crippen LogP contribution in [0.3, 0.4) is 0 Å². The van der Waals surface area contributed by atoms with Crippen LogP contribution in [0, 0.1) is 10.8 Å². The Morgan fingerprint density at radius 3 is 1.63 bits per heavy atom. The van der Waals surface area contributed by atoms with Gasteiger partial charge in [-0.1, -0.05) is 102 Å². The van der Waals surface area contributed by atoms with E-state index in [1.807, 2.05) is 77.9 Å². The molecule has 0 aromatic heterocycles. The van der Waals surface area contributed by atoms with E-state index in [1.54, 1.807) is 52.2 Å². The van der Waals surface area contributed by atoms with E-state index in [1.165, 1.54) is 16.0 Å². The highest BCUT2D eigenvalue weighted by molar-refractivity contribution is 5.97. The first-order chi connectivity index (χ1) is 33.6. The number of nitrogens with zero attached hydrogens (tertiary/aromatic N) is 1. The number of nitrogens with one attached hydrogen (secondary N) is 8. The molecule has 16 nitrogen and oxygen atoms in total. The fourth-order valence-electron chi connectivity index (χ4n) is 9.83. The standard InChI is InChI=1S/C55H77N9O7/c1-32(56-9)47(65)62-45(54(3,4)5)52(70)61-43(50(68)59-41-23-15-19-35-17-11-13-21-39(35)41)29-34-25-27-37(28-26-34)49(67)58-38-30-44(51(69)60-42-24-16-20-36-18-12-14-22-40(36)42)64(31-38)53(71)46(55(6,7)8)63-48(66)33(2)57-10/h11-14,17-18,21-22,25-28,32-33,38,41-46,56-57H,15-16,19-20,23-24,29-31H2,1-10H3,(H,58,67)(H,59,68)(H,60,69)(H,61,70)(H,62,65)(H,63,66)/t32-,33-,38?,41+,42?,43-,44?,45+,46?/m0/s1. The average molecular weight is 976 g/mol. The number of likely N-dealkylation sites (tertiary alicyclic amines) is 1. The van der Waals surface area contributed by atoms with Gasteiger partial charge in [0, 0.05) is 24.6 Å². The molecule has 0 bridgehead atoms. The molecule has 0 saturated carbocycles. The molecule has 6 rings (SSSR count). The molecule has 8 N–H and O–H groups in total. The Bertz CT molecular complexity index is 2410. The van der Waals surface area contributed by atoms with E-state index in [9.17, 15) is 33.6 Å². The van der Waals surface area contributed by atoms with E-state index in [4.69, 9.17) is 0 Å². The van der Waals surface area contributed by atoms with Crippen LogP contribution in [0.25, 0.3) is 0 Å². The van der Waals surface area contributed by atoms with E-state index in [2.05, 4.69) is 54.7 Å². The molecule has 0 spiro atoms. The number of benzene rings is 3. The van der Waals surface area contributed by atoms with Crippen molar-refractivity contribution in [2.24, 2.45) is 10.8 Å². The Labute approximate surface area is 419 Å². The number of carbonyl (C=O) groups is 7. The number of rotatable bonds is 17. The summed E-state index contributed by atoms with van der Waals surface area (Å²) in [5, 5.41) is 24.1. The normalized spacial score (nSPS) is 20.9. The number of likely N-dealkylation sites (N-methyl/N-ethyl adjacent to an activating group) is 2. The maximum atomic E-state index is 14.6. The number of hydrogen-bond acceptors (Lipinski definition) is 9. The number of hydrogen-bond donors (Lipinski definition) is 8. The van der Waals surface area contributed by atoms with E-state index >= 15 is 0 Å². The van der Waals surface area contributed by atoms with Gasteiger partial charge in [0.15, 0.2) is 0 Å². The Morgan fingerprint density at radius 1 is 0.606 bits per heavy atom. The molecular weight excluding hydrogens is 899 g/mol. The van der Waals surface area contributed by atoms with Gasteiger partial charge in [-0.2, -0.15) is 0 Å². The van der Waals surface area contributed by atoms with E-state index in [-0.39, 0.29) is 55.1 Å². The van der Waals surface area contributed by atoms with Crippen molar-refractivity contribution in [3.63, 3.8) is 0 Å². The zero-order valence-electron chi connectivity index (χ0n) is 43.3. The topological polar surface area (TPSA) is 219 Å². The first-order valence-electron chi connectivity index (χ1n) is 25.3. The second-order valence-electron chi connectivity index (χ2n) is 21.8. The van der Waals surface area contributed by atoms with Crippen molar-refractivity contribution in [1.82, 2.24) is 47.4 Å². The number of carbonyl (C=O) groups excluding carboxylic acids is 7. The van der Waals surface area contributed by atoms with Gasteiger partial charge in [0.25, 0.3) is 5.91 Å². The number of aryl methyl sites for hydroxylation is 2. The van der Waals surface area contributed by atoms with Crippen LogP contribution < -0.4 is 42.5 Å². The van der Waals surface area contributed by atoms with Crippen molar-refractivity contribution in [2.45, 2.75) is 161 Å². The molecule has 1 saturated heterocycles. The van der Waals surface area contributed by atoms with Crippen LogP contribution in [-0.2, 0) is 48.0 Å². The lowest BCUT2D eigenvalue weighted by Gasteiger charge is -2.36. The summed E-state index contributed by atoms with van der Waals surface area (Å²) >= 11 is 0. The summed E-state index contributed by atoms with van der Waals surface area (Å²) in [6, 6.07) is 16.8. The molecule has 71 heavy (non-hydrogen) atoms. The minimum Gasteiger partial charge on any atom is -0.347 e. The predicted octanol–water partition coefficient (Wildman–Crippen LogP) is 4.08. The van der Waals surface area contributed by atoms with Gasteiger partial charge in [0.1, 0.15) is 24.2 Å². The summed E-state index contributed by atoms with van der Waals surface area (Å²) in [6.07, 6.45) is 5.37. The molecule has 3 aromatic carbocycles. The maximum absolute atomic E-state index is 14.6. The minimum atomic E-state index is -1.03. The van der Waals surface area contributed by atoms with Crippen molar-refractivity contribution in [3.8, 4) is 0 Å². The van der Waals surface area contributed by atoms with Crippen molar-refractivity contribution >= 4 is 41.4 Å². The van der Waals surface area contributed by atoms with Crippen molar-refractivity contribution in [2.75, 3.05) is 20.6 Å². The Balaban J connectivity index is 1.21. The van der Waals surface area contributed by atoms with E-state index < -0.39 is 70.8 Å². The summed E-state index contributed by atoms with van der Waals surface area (Å²) in [6.45, 7) is 14.6. The van der Waals surface area contributed by atoms with Gasteiger partial charge < -0.3 is 47.4 Å². The molecule has 1 fully saturated rings. The van der Waals surface area contributed by atoms with Crippen LogP contribution in [0.1, 0.15) is 138 Å². The van der Waals surface area contributed by atoms with Crippen LogP contribution in [0.4, 0.5) is 0 Å². The van der Waals surface area contributed by atoms with Crippen LogP contribution >= 0.6 is 0 Å². The summed E-state index contributed by atoms with van der Waals surface area (Å²) in [7, 11) is 3.32. The van der Waals surface area contributed by atoms with Gasteiger partial charge in [-0.15, -0.1) is 0 Å². The average Bonchev–Trinajstić information content (AvgIpc) is 3.77. The smallest absolute Gasteiger partial charge is 0.251 e. The van der Waals surface area contributed by atoms with Crippen LogP contribution in [0.5, 0.6) is 0 Å². The van der Waals surface area contributed by atoms with Gasteiger partial charge >= 0.3 is 0 Å². The maximum Gasteiger partial charge on any atom is 0.251 e. The van der Waals surface area contributed by atoms with E-state index in [0.717, 1.165) is 49.7 Å². The van der Waals surface area contributed by atoms with Crippen molar-refractivity contribution in [1.29, 1.82) is 0 Å². The van der Waals surface area contributed by atoms with Crippen LogP contribution in [0.2, 0.25) is 0 Å². The first-order valence-corrected chi connectivity index (χ1v) is 25.3. The predicted molar refractivity (Wildman–Crippen MR) is 274 cm³/mol. The summed E-state index contributed by atoms with van der Waals surface area (Å²) in [5.74, 6) is -2.74. The highest BCUT2D eigenvalue weighted by Crippen LogP contribution is 2.33. The Hall–Kier alpha value is -6.13. The molecule has 384 valence electrons. The second kappa shape index (κ2) is 23.4. The molecule has 4 unspecified atom stereocenters. The number of amides is 7. The first kappa shape index (κ1) is 54.2. The second-order valence-corrected chi connectivity index (χ2v) is 21.8. The summed E-state index contributed by atoms with van der Waals surface area (Å²) in [5.41, 5.74) is 4.03. The third-order valence-electron chi connectivity index (χ3n) is 14.3. The van der Waals surface area contributed by atoms with Gasteiger partial charge in [-0.3, -0.25) is 33.6 Å². The van der Waals surface area contributed by atoms with Gasteiger partial charge in [0.2, 0.25) is 35.4 Å². The van der Waals surface area contributed by atoms with Gasteiger partial charge in [-0.25, -0.2) is 0 Å². The molecule has 1 heterocycles. The fraction of sp³-hybridized carbons (Fsp3) is 0.545. The zero-order valence-corrected chi connectivity index (χ0v) is 43.3. The fourth-order valence-corrected chi connectivity index (χ4v) is 9.83. The molecule has 0 radical (unpaired) electrons. The lowest BCUT2D eigenvalue weighted by atomic mass is 9.85. The third kappa shape index (κ3) is 13.6. The monoisotopic (exact) mass is 976 g/mol. The highest BCUT2D eigenvalue weighted by atomic mass is 16.2. The van der Waals surface area contributed by atoms with E-state index in [0.29, 0.717) is 11.1 Å². The van der Waals surface area contributed by atoms with Gasteiger partial charge in [0.05, 0.1) is 24.2 Å². The summed E-state index contributed by atoms with van der Waals surface area (Å²) in [4.78, 5) is 99.3. The lowest BCUT2D eigenvalue weighted by molar-refractivity contribution is -0.144. The van der Waals surface area contributed by atoms with Crippen LogP contribution in [-0.4, -0.2) is 109 Å². The number of fused-ring (bicyclic) bond motifs is 2. The molecule has 2 aliphatic carbocycles. The largest absolute Gasteiger partial charge is 0.347 e. The molecule has 7 amide bonds. The molecule has 3 aromatic rings.